The van der Waals surface area contributed by atoms with E-state index in [0.29, 0.717) is 12.8 Å². The number of nitrogens with one attached hydrogen (secondary N) is 1. The molecule has 0 spiro atoms. The van der Waals surface area contributed by atoms with Gasteiger partial charge in [0.05, 0.1) is 0 Å². The van der Waals surface area contributed by atoms with Crippen LogP contribution < -0.4 is 22.5 Å². The van der Waals surface area contributed by atoms with Crippen LogP contribution in [0.2, 0.25) is 0 Å². The minimum atomic E-state index is -1.25. The van der Waals surface area contributed by atoms with Crippen LogP contribution >= 0.6 is 0 Å². The molecule has 0 aliphatic heterocycles. The maximum Gasteiger partial charge on any atom is 0.330 e. The molecule has 0 unspecified atom stereocenters. The highest BCUT2D eigenvalue weighted by Gasteiger charge is 2.23. The Morgan fingerprint density at radius 2 is 1.25 bits per heavy atom. The van der Waals surface area contributed by atoms with Gasteiger partial charge in [-0.3, -0.25) is 14.6 Å². The van der Waals surface area contributed by atoms with Gasteiger partial charge in [0, 0.05) is 19.4 Å². The zero-order valence-electron chi connectivity index (χ0n) is 24.7. The van der Waals surface area contributed by atoms with E-state index in [1.165, 1.54) is 70.6 Å². The molecule has 40 heavy (non-hydrogen) atoms. The molecule has 232 valence electrons. The van der Waals surface area contributed by atoms with Crippen LogP contribution in [0.25, 0.3) is 0 Å². The lowest BCUT2D eigenvalue weighted by molar-refractivity contribution is -0.161. The van der Waals surface area contributed by atoms with Crippen molar-refractivity contribution in [1.29, 1.82) is 0 Å². The molecule has 0 heterocycles. The molecule has 0 bridgehead atoms. The molecule has 11 heteroatoms. The number of unbranched alkanes of at least 4 members (excludes halogenated alkanes) is 14. The molecule has 1 amide bonds. The number of hydrogen-bond acceptors (Lipinski definition) is 7. The van der Waals surface area contributed by atoms with E-state index in [-0.39, 0.29) is 44.1 Å². The minimum Gasteiger partial charge on any atom is -0.480 e. The molecule has 0 aliphatic rings. The summed E-state index contributed by atoms with van der Waals surface area (Å²) in [5.41, 5.74) is 16.1. The number of carbonyl (C=O) groups excluding carboxylic acids is 3. The van der Waals surface area contributed by atoms with Gasteiger partial charge in [-0.2, -0.15) is 0 Å². The van der Waals surface area contributed by atoms with Crippen LogP contribution in [0.15, 0.2) is 4.99 Å². The average Bonchev–Trinajstić information content (AvgIpc) is 2.90. The first-order chi connectivity index (χ1) is 19.2. The van der Waals surface area contributed by atoms with E-state index in [9.17, 15) is 24.3 Å². The molecule has 2 atom stereocenters. The van der Waals surface area contributed by atoms with Gasteiger partial charge in [-0.25, -0.2) is 9.59 Å². The summed E-state index contributed by atoms with van der Waals surface area (Å²) >= 11 is 0. The zero-order chi connectivity index (χ0) is 30.0. The lowest BCUT2D eigenvalue weighted by Gasteiger charge is -2.14. The minimum absolute atomic E-state index is 0.0683. The Morgan fingerprint density at radius 1 is 0.750 bits per heavy atom. The van der Waals surface area contributed by atoms with Gasteiger partial charge in [0.1, 0.15) is 12.1 Å². The molecule has 0 aromatic carbocycles. The molecule has 0 aromatic rings. The van der Waals surface area contributed by atoms with Crippen molar-refractivity contribution in [1.82, 2.24) is 5.32 Å². The lowest BCUT2D eigenvalue weighted by Crippen LogP contribution is -2.41. The first-order valence-electron chi connectivity index (χ1n) is 15.2. The van der Waals surface area contributed by atoms with Gasteiger partial charge < -0.3 is 32.4 Å². The van der Waals surface area contributed by atoms with Crippen molar-refractivity contribution in [3.63, 3.8) is 0 Å². The molecule has 0 saturated carbocycles. The number of carboxylic acid groups (broad SMARTS) is 1. The Balaban J connectivity index is 3.91. The van der Waals surface area contributed by atoms with Crippen molar-refractivity contribution in [3.05, 3.63) is 0 Å². The smallest absolute Gasteiger partial charge is 0.330 e. The third-order valence-corrected chi connectivity index (χ3v) is 6.76. The molecule has 0 rings (SSSR count). The first-order valence-corrected chi connectivity index (χ1v) is 15.2. The van der Waals surface area contributed by atoms with Gasteiger partial charge in [-0.1, -0.05) is 96.8 Å². The molecule has 8 N–H and O–H groups in total. The Morgan fingerprint density at radius 3 is 1.73 bits per heavy atom. The second-order valence-corrected chi connectivity index (χ2v) is 10.5. The third kappa shape index (κ3) is 23.2. The van der Waals surface area contributed by atoms with E-state index >= 15 is 0 Å². The number of rotatable bonds is 26. The number of carbonyl (C=O) groups is 4. The number of amides is 1. The number of esters is 2. The van der Waals surface area contributed by atoms with E-state index in [2.05, 4.69) is 17.2 Å². The maximum atomic E-state index is 12.2. The Kier molecular flexibility index (Phi) is 23.6. The van der Waals surface area contributed by atoms with Crippen molar-refractivity contribution >= 4 is 29.8 Å². The van der Waals surface area contributed by atoms with Gasteiger partial charge in [0.2, 0.25) is 5.91 Å². The van der Waals surface area contributed by atoms with Gasteiger partial charge in [-0.05, 0) is 25.7 Å². The van der Waals surface area contributed by atoms with Crippen LogP contribution in [-0.2, 0) is 23.9 Å². The van der Waals surface area contributed by atoms with Gasteiger partial charge in [0.15, 0.2) is 5.96 Å². The predicted molar refractivity (Wildman–Crippen MR) is 157 cm³/mol. The fraction of sp³-hybridized carbons (Fsp3) is 0.828. The highest BCUT2D eigenvalue weighted by Crippen LogP contribution is 2.14. The van der Waals surface area contributed by atoms with Crippen LogP contribution in [0, 0.1) is 0 Å². The fourth-order valence-corrected chi connectivity index (χ4v) is 4.32. The Bertz CT molecular complexity index is 742. The molecule has 0 radical (unpaired) electrons. The summed E-state index contributed by atoms with van der Waals surface area (Å²) in [4.78, 5) is 51.3. The number of nitrogens with two attached hydrogens (primary N) is 3. The van der Waals surface area contributed by atoms with Crippen LogP contribution in [0.3, 0.4) is 0 Å². The summed E-state index contributed by atoms with van der Waals surface area (Å²) in [5, 5.41) is 11.8. The van der Waals surface area contributed by atoms with E-state index < -0.39 is 30.0 Å². The molecular formula is C29H55N5O6. The average molecular weight is 570 g/mol. The molecular weight excluding hydrogens is 514 g/mol. The monoisotopic (exact) mass is 569 g/mol. The van der Waals surface area contributed by atoms with E-state index in [4.69, 9.17) is 21.9 Å². The van der Waals surface area contributed by atoms with Crippen LogP contribution in [-0.4, -0.2) is 53.5 Å². The topological polar surface area (TPSA) is 200 Å². The first kappa shape index (κ1) is 37.3. The number of guanidine groups is 1. The van der Waals surface area contributed by atoms with Gasteiger partial charge in [-0.15, -0.1) is 0 Å². The van der Waals surface area contributed by atoms with Crippen LogP contribution in [0.4, 0.5) is 0 Å². The summed E-state index contributed by atoms with van der Waals surface area (Å²) in [6, 6.07) is -2.26. The van der Waals surface area contributed by atoms with Crippen LogP contribution in [0.1, 0.15) is 135 Å². The quantitative estimate of drug-likeness (QED) is 0.0335. The van der Waals surface area contributed by atoms with Crippen molar-refractivity contribution in [2.75, 3.05) is 6.54 Å². The van der Waals surface area contributed by atoms with E-state index in [1.807, 2.05) is 0 Å². The van der Waals surface area contributed by atoms with E-state index in [1.54, 1.807) is 0 Å². The lowest BCUT2D eigenvalue weighted by atomic mass is 10.0. The molecule has 0 fully saturated rings. The summed E-state index contributed by atoms with van der Waals surface area (Å²) < 4.78 is 4.69. The molecule has 0 aromatic heterocycles. The second-order valence-electron chi connectivity index (χ2n) is 10.5. The summed E-state index contributed by atoms with van der Waals surface area (Å²) in [6.07, 6.45) is 18.7. The van der Waals surface area contributed by atoms with Crippen molar-refractivity contribution in [2.45, 2.75) is 147 Å². The molecule has 11 nitrogen and oxygen atoms in total. The molecule has 0 saturated heterocycles. The van der Waals surface area contributed by atoms with Crippen LogP contribution in [0.5, 0.6) is 0 Å². The number of carboxylic acids is 1. The Labute approximate surface area is 240 Å². The number of hydrogen-bond donors (Lipinski definition) is 5. The summed E-state index contributed by atoms with van der Waals surface area (Å²) in [7, 11) is 0. The normalized spacial score (nSPS) is 12.3. The summed E-state index contributed by atoms with van der Waals surface area (Å²) in [5.74, 6) is -3.48. The highest BCUT2D eigenvalue weighted by atomic mass is 16.6. The highest BCUT2D eigenvalue weighted by molar-refractivity contribution is 5.89. The third-order valence-electron chi connectivity index (χ3n) is 6.76. The van der Waals surface area contributed by atoms with Crippen molar-refractivity contribution < 1.29 is 29.0 Å². The van der Waals surface area contributed by atoms with Crippen molar-refractivity contribution in [2.24, 2.45) is 22.2 Å². The SMILES string of the molecule is CCCCCCCCCCCCCCCCCC(=O)N[C@H](CCC(=O)OC(=O)[C@@H](N)CCCN=C(N)N)C(=O)O. The van der Waals surface area contributed by atoms with Crippen molar-refractivity contribution in [3.8, 4) is 0 Å². The largest absolute Gasteiger partial charge is 0.480 e. The van der Waals surface area contributed by atoms with E-state index in [0.717, 1.165) is 19.3 Å². The zero-order valence-corrected chi connectivity index (χ0v) is 24.7. The maximum absolute atomic E-state index is 12.2. The number of ether oxygens (including phenoxy) is 1. The summed E-state index contributed by atoms with van der Waals surface area (Å²) in [6.45, 7) is 2.53. The number of aliphatic carboxylic acids is 1. The number of aliphatic imine (C=N–C) groups is 1. The Hall–Kier alpha value is -2.69. The molecule has 0 aliphatic carbocycles. The van der Waals surface area contributed by atoms with Gasteiger partial charge in [0.25, 0.3) is 0 Å². The van der Waals surface area contributed by atoms with Gasteiger partial charge >= 0.3 is 17.9 Å². The number of nitrogens with zero attached hydrogens (tertiary/aromatic N) is 1. The predicted octanol–water partition coefficient (Wildman–Crippen LogP) is 4.05. The standard InChI is InChI=1S/C29H55N5O6/c1-2-3-4-5-6-7-8-9-10-11-12-13-14-15-16-19-25(35)34-24(27(37)38)20-21-26(36)40-28(39)23(30)18-17-22-33-29(31)32/h23-24H,2-22,30H2,1H3,(H,34,35)(H,37,38)(H4,31,32,33)/t23-,24+/m0/s1. The second kappa shape index (κ2) is 25.3. The fourth-order valence-electron chi connectivity index (χ4n) is 4.32.